The lowest BCUT2D eigenvalue weighted by atomic mass is 9.99. The predicted octanol–water partition coefficient (Wildman–Crippen LogP) is 3.09. The molecule has 0 aliphatic carbocycles. The van der Waals surface area contributed by atoms with Gasteiger partial charge in [-0.05, 0) is 19.3 Å². The van der Waals surface area contributed by atoms with Crippen molar-refractivity contribution in [1.82, 2.24) is 14.9 Å². The largest absolute Gasteiger partial charge is 0.329 e. The summed E-state index contributed by atoms with van der Waals surface area (Å²) in [5.74, 6) is 2.02. The van der Waals surface area contributed by atoms with Crippen LogP contribution in [0, 0.1) is 5.92 Å². The van der Waals surface area contributed by atoms with Crippen molar-refractivity contribution in [2.45, 2.75) is 66.0 Å². The molecule has 1 aromatic heterocycles. The molecule has 1 aliphatic rings. The summed E-state index contributed by atoms with van der Waals surface area (Å²) >= 11 is 0. The lowest BCUT2D eigenvalue weighted by Gasteiger charge is -2.26. The summed E-state index contributed by atoms with van der Waals surface area (Å²) < 4.78 is 2.55. The topological polar surface area (TPSA) is 29.9 Å². The predicted molar refractivity (Wildman–Crippen MR) is 75.8 cm³/mol. The molecule has 0 radical (unpaired) electrons. The maximum atomic E-state index is 4.88. The minimum atomic E-state index is 0.575. The van der Waals surface area contributed by atoms with Gasteiger partial charge < -0.3 is 9.88 Å². The zero-order valence-corrected chi connectivity index (χ0v) is 12.3. The van der Waals surface area contributed by atoms with Crippen molar-refractivity contribution in [2.75, 3.05) is 6.54 Å². The first-order chi connectivity index (χ1) is 8.69. The molecule has 0 aromatic carbocycles. The molecule has 1 N–H and O–H groups in total. The molecule has 3 nitrogen and oxygen atoms in total. The van der Waals surface area contributed by atoms with Crippen LogP contribution in [0.2, 0.25) is 0 Å². The summed E-state index contributed by atoms with van der Waals surface area (Å²) in [5, 5.41) is 3.43. The van der Waals surface area contributed by atoms with E-state index in [-0.39, 0.29) is 0 Å². The SMILES string of the molecule is CCCc1nc2c(n1C(C)C(C)CC)CCNC2. The second-order valence-electron chi connectivity index (χ2n) is 5.59. The molecule has 3 heteroatoms. The maximum absolute atomic E-state index is 4.88. The molecule has 0 saturated carbocycles. The van der Waals surface area contributed by atoms with Crippen molar-refractivity contribution in [2.24, 2.45) is 5.92 Å². The Hall–Kier alpha value is -0.830. The Labute approximate surface area is 111 Å². The molecule has 0 spiro atoms. The first kappa shape index (κ1) is 13.6. The molecule has 2 atom stereocenters. The summed E-state index contributed by atoms with van der Waals surface area (Å²) in [6.07, 6.45) is 4.65. The maximum Gasteiger partial charge on any atom is 0.109 e. The molecule has 0 bridgehead atoms. The first-order valence-corrected chi connectivity index (χ1v) is 7.48. The smallest absolute Gasteiger partial charge is 0.109 e. The van der Waals surface area contributed by atoms with E-state index in [9.17, 15) is 0 Å². The fourth-order valence-corrected chi connectivity index (χ4v) is 2.87. The molecular weight excluding hydrogens is 222 g/mol. The quantitative estimate of drug-likeness (QED) is 0.869. The van der Waals surface area contributed by atoms with Gasteiger partial charge in [0.1, 0.15) is 5.82 Å². The Morgan fingerprint density at radius 1 is 1.33 bits per heavy atom. The van der Waals surface area contributed by atoms with Crippen LogP contribution in [-0.2, 0) is 19.4 Å². The lowest BCUT2D eigenvalue weighted by Crippen LogP contribution is -2.27. The van der Waals surface area contributed by atoms with Crippen molar-refractivity contribution < 1.29 is 0 Å². The average molecular weight is 249 g/mol. The second-order valence-corrected chi connectivity index (χ2v) is 5.59. The summed E-state index contributed by atoms with van der Waals surface area (Å²) in [5.41, 5.74) is 2.78. The Morgan fingerprint density at radius 2 is 2.11 bits per heavy atom. The molecule has 18 heavy (non-hydrogen) atoms. The van der Waals surface area contributed by atoms with Crippen LogP contribution in [-0.4, -0.2) is 16.1 Å². The van der Waals surface area contributed by atoms with E-state index in [1.807, 2.05) is 0 Å². The molecular formula is C15H27N3. The van der Waals surface area contributed by atoms with E-state index < -0.39 is 0 Å². The monoisotopic (exact) mass is 249 g/mol. The van der Waals surface area contributed by atoms with Gasteiger partial charge >= 0.3 is 0 Å². The molecule has 102 valence electrons. The number of hydrogen-bond acceptors (Lipinski definition) is 2. The van der Waals surface area contributed by atoms with E-state index >= 15 is 0 Å². The number of nitrogens with one attached hydrogen (secondary N) is 1. The van der Waals surface area contributed by atoms with Gasteiger partial charge in [0.05, 0.1) is 5.69 Å². The van der Waals surface area contributed by atoms with Crippen LogP contribution in [0.25, 0.3) is 0 Å². The van der Waals surface area contributed by atoms with Crippen molar-refractivity contribution in [3.63, 3.8) is 0 Å². The van der Waals surface area contributed by atoms with Crippen LogP contribution >= 0.6 is 0 Å². The molecule has 1 aliphatic heterocycles. The van der Waals surface area contributed by atoms with Crippen LogP contribution < -0.4 is 5.32 Å². The summed E-state index contributed by atoms with van der Waals surface area (Å²) in [7, 11) is 0. The number of aromatic nitrogens is 2. The summed E-state index contributed by atoms with van der Waals surface area (Å²) in [4.78, 5) is 4.88. The lowest BCUT2D eigenvalue weighted by molar-refractivity contribution is 0.351. The molecule has 0 fully saturated rings. The fourth-order valence-electron chi connectivity index (χ4n) is 2.87. The van der Waals surface area contributed by atoms with Gasteiger partial charge in [0, 0.05) is 37.7 Å². The van der Waals surface area contributed by atoms with Gasteiger partial charge in [-0.2, -0.15) is 0 Å². The van der Waals surface area contributed by atoms with Crippen LogP contribution in [0.4, 0.5) is 0 Å². The molecule has 2 rings (SSSR count). The summed E-state index contributed by atoms with van der Waals surface area (Å²) in [6, 6.07) is 0.575. The van der Waals surface area contributed by atoms with Gasteiger partial charge in [-0.3, -0.25) is 0 Å². The van der Waals surface area contributed by atoms with Gasteiger partial charge in [0.2, 0.25) is 0 Å². The Kier molecular flexibility index (Phi) is 4.44. The van der Waals surface area contributed by atoms with Crippen molar-refractivity contribution in [3.8, 4) is 0 Å². The van der Waals surface area contributed by atoms with Gasteiger partial charge in [-0.1, -0.05) is 27.2 Å². The number of fused-ring (bicyclic) bond motifs is 1. The van der Waals surface area contributed by atoms with Gasteiger partial charge in [-0.15, -0.1) is 0 Å². The van der Waals surface area contributed by atoms with Crippen molar-refractivity contribution >= 4 is 0 Å². The van der Waals surface area contributed by atoms with Gasteiger partial charge in [0.15, 0.2) is 0 Å². The number of hydrogen-bond donors (Lipinski definition) is 1. The molecule has 1 aromatic rings. The Bertz CT molecular complexity index is 395. The summed E-state index contributed by atoms with van der Waals surface area (Å²) in [6.45, 7) is 11.3. The Morgan fingerprint density at radius 3 is 2.78 bits per heavy atom. The highest BCUT2D eigenvalue weighted by Crippen LogP contribution is 2.28. The molecule has 0 saturated heterocycles. The average Bonchev–Trinajstić information content (AvgIpc) is 2.75. The number of nitrogens with zero attached hydrogens (tertiary/aromatic N) is 2. The van der Waals surface area contributed by atoms with E-state index in [0.717, 1.165) is 25.9 Å². The molecule has 2 heterocycles. The minimum absolute atomic E-state index is 0.575. The van der Waals surface area contributed by atoms with Crippen molar-refractivity contribution in [3.05, 3.63) is 17.2 Å². The second kappa shape index (κ2) is 5.87. The highest BCUT2D eigenvalue weighted by atomic mass is 15.1. The van der Waals surface area contributed by atoms with E-state index in [1.54, 1.807) is 0 Å². The zero-order valence-electron chi connectivity index (χ0n) is 12.3. The third-order valence-corrected chi connectivity index (χ3v) is 4.35. The van der Waals surface area contributed by atoms with Crippen LogP contribution in [0.3, 0.4) is 0 Å². The number of aryl methyl sites for hydroxylation is 1. The van der Waals surface area contributed by atoms with Crippen LogP contribution in [0.1, 0.15) is 63.8 Å². The molecule has 2 unspecified atom stereocenters. The van der Waals surface area contributed by atoms with Crippen LogP contribution in [0.5, 0.6) is 0 Å². The Balaban J connectivity index is 2.38. The van der Waals surface area contributed by atoms with Crippen LogP contribution in [0.15, 0.2) is 0 Å². The fraction of sp³-hybridized carbons (Fsp3) is 0.800. The van der Waals surface area contributed by atoms with E-state index in [0.29, 0.717) is 12.0 Å². The van der Waals surface area contributed by atoms with E-state index in [1.165, 1.54) is 30.1 Å². The first-order valence-electron chi connectivity index (χ1n) is 7.48. The van der Waals surface area contributed by atoms with E-state index in [4.69, 9.17) is 4.98 Å². The third kappa shape index (κ3) is 2.46. The molecule has 0 amide bonds. The number of rotatable bonds is 5. The van der Waals surface area contributed by atoms with Gasteiger partial charge in [-0.25, -0.2) is 4.98 Å². The number of imidazole rings is 1. The highest BCUT2D eigenvalue weighted by molar-refractivity contribution is 5.21. The minimum Gasteiger partial charge on any atom is -0.329 e. The normalized spacial score (nSPS) is 18.4. The van der Waals surface area contributed by atoms with E-state index in [2.05, 4.69) is 37.6 Å². The zero-order chi connectivity index (χ0) is 13.1. The third-order valence-electron chi connectivity index (χ3n) is 4.35. The highest BCUT2D eigenvalue weighted by Gasteiger charge is 2.24. The van der Waals surface area contributed by atoms with Gasteiger partial charge in [0.25, 0.3) is 0 Å². The van der Waals surface area contributed by atoms with Crippen molar-refractivity contribution in [1.29, 1.82) is 0 Å². The standard InChI is InChI=1S/C15H27N3/c1-5-7-15-17-13-10-16-9-8-14(13)18(15)12(4)11(3)6-2/h11-12,16H,5-10H2,1-4H3.